The SMILES string of the molecule is CC(=O)O[C@@H]1C[C@@]23COC[C@](C)([C@@H]2CC[C@H]2C3=CC[C@]3(C)[C@H](OC(=O)O)[C@@](C)([C@H](C)C(C)C)CC[C@]23C)[C@H]1OC(C)=O. The maximum absolute atomic E-state index is 12.3. The Hall–Kier alpha value is -2.09. The molecule has 0 spiro atoms. The number of carbonyl (C=O) groups is 3. The van der Waals surface area contributed by atoms with E-state index in [0.29, 0.717) is 32.0 Å². The lowest BCUT2D eigenvalue weighted by Crippen LogP contribution is -2.70. The molecule has 4 fully saturated rings. The van der Waals surface area contributed by atoms with Crippen molar-refractivity contribution in [2.45, 2.75) is 119 Å². The quantitative estimate of drug-likeness (QED) is 0.212. The topological polar surface area (TPSA) is 108 Å². The summed E-state index contributed by atoms with van der Waals surface area (Å²) in [6.45, 7) is 19.5. The van der Waals surface area contributed by atoms with E-state index < -0.39 is 29.9 Å². The number of esters is 2. The Morgan fingerprint density at radius 3 is 2.19 bits per heavy atom. The van der Waals surface area contributed by atoms with E-state index in [1.807, 2.05) is 0 Å². The lowest BCUT2D eigenvalue weighted by molar-refractivity contribution is -0.265. The van der Waals surface area contributed by atoms with Gasteiger partial charge in [-0.05, 0) is 67.6 Å². The third-order valence-corrected chi connectivity index (χ3v) is 13.5. The lowest BCUT2D eigenvalue weighted by atomic mass is 9.36. The van der Waals surface area contributed by atoms with Gasteiger partial charge in [-0.15, -0.1) is 0 Å². The van der Waals surface area contributed by atoms with Crippen LogP contribution in [0.15, 0.2) is 11.6 Å². The van der Waals surface area contributed by atoms with Crippen molar-refractivity contribution in [3.63, 3.8) is 0 Å². The van der Waals surface area contributed by atoms with Crippen LogP contribution in [-0.2, 0) is 28.5 Å². The van der Waals surface area contributed by atoms with Gasteiger partial charge in [0.1, 0.15) is 18.3 Å². The Morgan fingerprint density at radius 2 is 1.60 bits per heavy atom. The van der Waals surface area contributed by atoms with Crippen LogP contribution in [0.1, 0.15) is 101 Å². The highest BCUT2D eigenvalue weighted by atomic mass is 16.7. The minimum atomic E-state index is -1.20. The summed E-state index contributed by atoms with van der Waals surface area (Å²) in [6.07, 6.45) is 4.69. The largest absolute Gasteiger partial charge is 0.506 e. The van der Waals surface area contributed by atoms with Gasteiger partial charge in [-0.2, -0.15) is 0 Å². The van der Waals surface area contributed by atoms with Gasteiger partial charge in [0.15, 0.2) is 0 Å². The molecule has 1 N–H and O–H groups in total. The van der Waals surface area contributed by atoms with Crippen molar-refractivity contribution in [3.05, 3.63) is 11.6 Å². The second-order valence-corrected chi connectivity index (χ2v) is 15.7. The zero-order chi connectivity index (χ0) is 31.0. The highest BCUT2D eigenvalue weighted by molar-refractivity contribution is 5.67. The first-order valence-electron chi connectivity index (χ1n) is 16.0. The van der Waals surface area contributed by atoms with Gasteiger partial charge in [0, 0.05) is 35.5 Å². The maximum Gasteiger partial charge on any atom is 0.506 e. The first-order valence-corrected chi connectivity index (χ1v) is 16.0. The molecule has 4 aliphatic carbocycles. The van der Waals surface area contributed by atoms with Crippen LogP contribution >= 0.6 is 0 Å². The fourth-order valence-corrected chi connectivity index (χ4v) is 11.0. The van der Waals surface area contributed by atoms with Crippen LogP contribution in [0.4, 0.5) is 4.79 Å². The number of hydrogen-bond donors (Lipinski definition) is 1. The summed E-state index contributed by atoms with van der Waals surface area (Å²) >= 11 is 0. The van der Waals surface area contributed by atoms with Gasteiger partial charge in [-0.1, -0.05) is 60.1 Å². The summed E-state index contributed by atoms with van der Waals surface area (Å²) in [7, 11) is 0. The zero-order valence-corrected chi connectivity index (χ0v) is 27.1. The Labute approximate surface area is 251 Å². The Kier molecular flexibility index (Phi) is 7.64. The second-order valence-electron chi connectivity index (χ2n) is 15.7. The van der Waals surface area contributed by atoms with Gasteiger partial charge in [0.2, 0.25) is 0 Å². The summed E-state index contributed by atoms with van der Waals surface area (Å²) in [6, 6.07) is 0. The highest BCUT2D eigenvalue weighted by Crippen LogP contribution is 2.74. The highest BCUT2D eigenvalue weighted by Gasteiger charge is 2.72. The first kappa shape index (κ1) is 31.3. The van der Waals surface area contributed by atoms with Gasteiger partial charge < -0.3 is 24.1 Å². The van der Waals surface area contributed by atoms with Gasteiger partial charge in [-0.25, -0.2) is 4.79 Å². The third-order valence-electron chi connectivity index (χ3n) is 13.5. The van der Waals surface area contributed by atoms with Crippen molar-refractivity contribution in [2.24, 2.45) is 50.7 Å². The molecule has 0 radical (unpaired) electrons. The van der Waals surface area contributed by atoms with Crippen LogP contribution in [0.3, 0.4) is 0 Å². The third kappa shape index (κ3) is 4.28. The Morgan fingerprint density at radius 1 is 0.929 bits per heavy atom. The average Bonchev–Trinajstić information content (AvgIpc) is 2.88. The van der Waals surface area contributed by atoms with Crippen LogP contribution in [-0.4, -0.2) is 54.7 Å². The number of hydrogen-bond acceptors (Lipinski definition) is 7. The van der Waals surface area contributed by atoms with Gasteiger partial charge >= 0.3 is 18.1 Å². The molecule has 2 bridgehead atoms. The van der Waals surface area contributed by atoms with Crippen molar-refractivity contribution >= 4 is 18.1 Å². The molecule has 0 amide bonds. The standard InChI is InChI=1S/C34H52O8/c1-19(2)20(3)30(6)14-15-32(8)23-10-11-26-31(7)17-39-18-34(26,16-25(40-21(4)35)27(31)41-22(5)36)24(23)12-13-33(32,9)28(30)42-29(37)38/h12,19-20,23,25-28H,10-11,13-18H2,1-9H3,(H,37,38)/t20-,23+,25-,26+,27+,28-,30-,31-,32-,33-,34+/m1/s1. The Bertz CT molecular complexity index is 1160. The summed E-state index contributed by atoms with van der Waals surface area (Å²) in [5.74, 6) is 0.368. The lowest BCUT2D eigenvalue weighted by Gasteiger charge is -2.71. The maximum atomic E-state index is 12.3. The second kappa shape index (κ2) is 10.2. The average molecular weight is 589 g/mol. The van der Waals surface area contributed by atoms with E-state index in [2.05, 4.69) is 54.5 Å². The fourth-order valence-electron chi connectivity index (χ4n) is 11.0. The van der Waals surface area contributed by atoms with E-state index in [1.54, 1.807) is 0 Å². The molecule has 0 aromatic heterocycles. The van der Waals surface area contributed by atoms with Crippen LogP contribution < -0.4 is 0 Å². The molecule has 0 unspecified atom stereocenters. The molecule has 0 aromatic carbocycles. The molecule has 8 nitrogen and oxygen atoms in total. The van der Waals surface area contributed by atoms with Crippen molar-refractivity contribution in [3.8, 4) is 0 Å². The molecular formula is C34H52O8. The molecule has 0 aromatic rings. The van der Waals surface area contributed by atoms with E-state index in [-0.39, 0.29) is 51.4 Å². The van der Waals surface area contributed by atoms with E-state index in [1.165, 1.54) is 19.4 Å². The first-order chi connectivity index (χ1) is 19.5. The monoisotopic (exact) mass is 588 g/mol. The van der Waals surface area contributed by atoms with Crippen molar-refractivity contribution in [2.75, 3.05) is 13.2 Å². The smallest absolute Gasteiger partial charge is 0.459 e. The predicted octanol–water partition coefficient (Wildman–Crippen LogP) is 6.80. The van der Waals surface area contributed by atoms with Crippen LogP contribution in [0, 0.1) is 50.7 Å². The molecule has 11 atom stereocenters. The van der Waals surface area contributed by atoms with Gasteiger partial charge in [0.05, 0.1) is 13.2 Å². The normalized spacial score (nSPS) is 46.7. The number of carbonyl (C=O) groups excluding carboxylic acids is 2. The van der Waals surface area contributed by atoms with Crippen molar-refractivity contribution in [1.82, 2.24) is 0 Å². The minimum Gasteiger partial charge on any atom is -0.459 e. The van der Waals surface area contributed by atoms with Gasteiger partial charge in [-0.3, -0.25) is 9.59 Å². The summed E-state index contributed by atoms with van der Waals surface area (Å²) in [4.78, 5) is 36.8. The summed E-state index contributed by atoms with van der Waals surface area (Å²) in [5.41, 5.74) is -0.323. The van der Waals surface area contributed by atoms with Crippen LogP contribution in [0.25, 0.3) is 0 Å². The van der Waals surface area contributed by atoms with Crippen molar-refractivity contribution < 1.29 is 38.4 Å². The molecular weight excluding hydrogens is 536 g/mol. The van der Waals surface area contributed by atoms with E-state index in [0.717, 1.165) is 25.7 Å². The van der Waals surface area contributed by atoms with Crippen LogP contribution in [0.5, 0.6) is 0 Å². The Balaban J connectivity index is 1.61. The molecule has 5 aliphatic rings. The number of carboxylic acid groups (broad SMARTS) is 1. The number of allylic oxidation sites excluding steroid dienone is 1. The summed E-state index contributed by atoms with van der Waals surface area (Å²) < 4.78 is 24.2. The molecule has 1 aliphatic heterocycles. The van der Waals surface area contributed by atoms with Crippen LogP contribution in [0.2, 0.25) is 0 Å². The molecule has 8 heteroatoms. The summed E-state index contributed by atoms with van der Waals surface area (Å²) in [5, 5.41) is 10.00. The van der Waals surface area contributed by atoms with Gasteiger partial charge in [0.25, 0.3) is 0 Å². The predicted molar refractivity (Wildman–Crippen MR) is 156 cm³/mol. The van der Waals surface area contributed by atoms with E-state index in [9.17, 15) is 19.5 Å². The van der Waals surface area contributed by atoms with E-state index in [4.69, 9.17) is 18.9 Å². The number of rotatable bonds is 5. The molecule has 3 saturated carbocycles. The molecule has 1 heterocycles. The number of fused-ring (bicyclic) bond motifs is 3. The fraction of sp³-hybridized carbons (Fsp3) is 0.853. The zero-order valence-electron chi connectivity index (χ0n) is 27.1. The number of ether oxygens (including phenoxy) is 4. The van der Waals surface area contributed by atoms with Crippen molar-refractivity contribution in [1.29, 1.82) is 0 Å². The molecule has 5 rings (SSSR count). The molecule has 236 valence electrons. The van der Waals surface area contributed by atoms with E-state index >= 15 is 0 Å². The minimum absolute atomic E-state index is 0.190. The molecule has 42 heavy (non-hydrogen) atoms. The molecule has 1 saturated heterocycles.